The second-order valence-electron chi connectivity index (χ2n) is 7.10. The molecule has 0 radical (unpaired) electrons. The van der Waals surface area contributed by atoms with Crippen molar-refractivity contribution in [2.75, 3.05) is 33.0 Å². The van der Waals surface area contributed by atoms with Gasteiger partial charge in [-0.15, -0.1) is 0 Å². The van der Waals surface area contributed by atoms with Crippen LogP contribution < -0.4 is 9.47 Å². The minimum absolute atomic E-state index is 0.178. The van der Waals surface area contributed by atoms with Crippen molar-refractivity contribution < 1.29 is 40.6 Å². The van der Waals surface area contributed by atoms with E-state index in [1.807, 2.05) is 0 Å². The number of carbonyl (C=O) groups is 1. The molecule has 162 valence electrons. The summed E-state index contributed by atoms with van der Waals surface area (Å²) in [6, 6.07) is 3.24. The first-order valence-corrected chi connectivity index (χ1v) is 9.08. The molecule has 0 N–H and O–H groups in total. The molecule has 1 aromatic rings. The van der Waals surface area contributed by atoms with Crippen LogP contribution in [0.5, 0.6) is 11.5 Å². The Morgan fingerprint density at radius 2 is 1.72 bits per heavy atom. The van der Waals surface area contributed by atoms with Gasteiger partial charge in [-0.3, -0.25) is 9.69 Å². The number of ether oxygens (including phenoxy) is 2. The molecule has 1 aromatic carbocycles. The third kappa shape index (κ3) is 5.91. The Hall–Kier alpha value is -2.17. The minimum Gasteiger partial charge on any atom is -0.484 e. The monoisotopic (exact) mass is 426 g/mol. The molecule has 0 spiro atoms. The molecule has 5 nitrogen and oxygen atoms in total. The molecule has 2 saturated heterocycles. The number of hydrogen-bond acceptors (Lipinski definition) is 4. The zero-order chi connectivity index (χ0) is 21.2. The summed E-state index contributed by atoms with van der Waals surface area (Å²) in [5.41, 5.74) is -0.256. The summed E-state index contributed by atoms with van der Waals surface area (Å²) in [4.78, 5) is 16.5. The lowest BCUT2D eigenvalue weighted by atomic mass is 10.0. The zero-order valence-electron chi connectivity index (χ0n) is 15.4. The lowest BCUT2D eigenvalue weighted by Gasteiger charge is -2.27. The number of amides is 1. The number of carbonyl (C=O) groups excluding carboxylic acids is 1. The molecule has 1 amide bonds. The van der Waals surface area contributed by atoms with Gasteiger partial charge in [0.15, 0.2) is 13.2 Å². The van der Waals surface area contributed by atoms with Crippen LogP contribution in [0.25, 0.3) is 0 Å². The fraction of sp³-hybridized carbons (Fsp3) is 0.611. The van der Waals surface area contributed by atoms with E-state index in [4.69, 9.17) is 4.74 Å². The molecular weight excluding hydrogens is 406 g/mol. The van der Waals surface area contributed by atoms with Crippen LogP contribution in [0.4, 0.5) is 26.3 Å². The van der Waals surface area contributed by atoms with Crippen LogP contribution in [-0.4, -0.2) is 67.1 Å². The lowest BCUT2D eigenvalue weighted by Crippen LogP contribution is -2.35. The van der Waals surface area contributed by atoms with Gasteiger partial charge in [0.25, 0.3) is 5.91 Å². The molecule has 0 bridgehead atoms. The van der Waals surface area contributed by atoms with E-state index in [1.165, 1.54) is 4.90 Å². The summed E-state index contributed by atoms with van der Waals surface area (Å²) in [6.07, 6.45) is -6.27. The average Bonchev–Trinajstić information content (AvgIpc) is 3.07. The predicted molar refractivity (Wildman–Crippen MR) is 89.8 cm³/mol. The van der Waals surface area contributed by atoms with E-state index < -0.39 is 31.5 Å². The molecule has 2 heterocycles. The number of piperidine rings is 1. The highest BCUT2D eigenvalue weighted by atomic mass is 19.4. The first kappa shape index (κ1) is 21.5. The molecule has 0 saturated carbocycles. The maximum absolute atomic E-state index is 12.9. The van der Waals surface area contributed by atoms with Gasteiger partial charge in [-0.25, -0.2) is 0 Å². The number of benzene rings is 1. The van der Waals surface area contributed by atoms with Crippen LogP contribution in [-0.2, 0) is 0 Å². The van der Waals surface area contributed by atoms with Crippen molar-refractivity contribution in [1.82, 2.24) is 9.80 Å². The van der Waals surface area contributed by atoms with E-state index in [9.17, 15) is 31.1 Å². The molecule has 3 rings (SSSR count). The van der Waals surface area contributed by atoms with Crippen LogP contribution in [0.15, 0.2) is 18.2 Å². The normalized spacial score (nSPS) is 20.5. The van der Waals surface area contributed by atoms with E-state index in [-0.39, 0.29) is 23.1 Å². The molecule has 1 unspecified atom stereocenters. The Balaban J connectivity index is 1.80. The summed E-state index contributed by atoms with van der Waals surface area (Å²) < 4.78 is 84.1. The fourth-order valence-corrected chi connectivity index (χ4v) is 3.52. The van der Waals surface area contributed by atoms with Gasteiger partial charge < -0.3 is 14.4 Å². The first-order chi connectivity index (χ1) is 13.5. The van der Waals surface area contributed by atoms with Crippen molar-refractivity contribution in [2.45, 2.75) is 37.7 Å². The van der Waals surface area contributed by atoms with Gasteiger partial charge in [-0.2, -0.15) is 26.3 Å². The predicted octanol–water partition coefficient (Wildman–Crippen LogP) is 3.84. The van der Waals surface area contributed by atoms with Crippen LogP contribution >= 0.6 is 0 Å². The third-order valence-corrected chi connectivity index (χ3v) is 4.80. The highest BCUT2D eigenvalue weighted by Crippen LogP contribution is 2.31. The summed E-state index contributed by atoms with van der Waals surface area (Å²) in [6.45, 7) is -1.66. The molecule has 0 aliphatic carbocycles. The third-order valence-electron chi connectivity index (χ3n) is 4.80. The van der Waals surface area contributed by atoms with Gasteiger partial charge in [-0.1, -0.05) is 6.42 Å². The Morgan fingerprint density at radius 1 is 1.03 bits per heavy atom. The van der Waals surface area contributed by atoms with Crippen LogP contribution in [0.2, 0.25) is 0 Å². The van der Waals surface area contributed by atoms with Crippen LogP contribution in [0.1, 0.15) is 29.6 Å². The smallest absolute Gasteiger partial charge is 0.422 e. The van der Waals surface area contributed by atoms with Gasteiger partial charge in [0.05, 0.1) is 12.2 Å². The topological polar surface area (TPSA) is 42.0 Å². The quantitative estimate of drug-likeness (QED) is 0.672. The van der Waals surface area contributed by atoms with E-state index in [2.05, 4.69) is 9.64 Å². The lowest BCUT2D eigenvalue weighted by molar-refractivity contribution is -0.154. The molecule has 2 fully saturated rings. The summed E-state index contributed by atoms with van der Waals surface area (Å²) in [5.74, 6) is -1.23. The van der Waals surface area contributed by atoms with E-state index in [1.54, 1.807) is 0 Å². The van der Waals surface area contributed by atoms with Crippen LogP contribution in [0.3, 0.4) is 0 Å². The SMILES string of the molecule is O=C(c1cc(OCC(F)(F)F)ccc1OCC(F)(F)F)N1CC2CCCCN2C1. The number of hydrogen-bond donors (Lipinski definition) is 0. The Labute approximate surface area is 163 Å². The van der Waals surface area contributed by atoms with Crippen molar-refractivity contribution in [3.05, 3.63) is 23.8 Å². The Bertz CT molecular complexity index is 723. The summed E-state index contributed by atoms with van der Waals surface area (Å²) in [7, 11) is 0. The Morgan fingerprint density at radius 3 is 2.38 bits per heavy atom. The molecule has 11 heteroatoms. The van der Waals surface area contributed by atoms with Gasteiger partial charge in [0.2, 0.25) is 0 Å². The number of alkyl halides is 6. The maximum Gasteiger partial charge on any atom is 0.422 e. The zero-order valence-corrected chi connectivity index (χ0v) is 15.4. The number of halogens is 6. The second kappa shape index (κ2) is 8.29. The number of nitrogens with zero attached hydrogens (tertiary/aromatic N) is 2. The van der Waals surface area contributed by atoms with Gasteiger partial charge >= 0.3 is 12.4 Å². The second-order valence-corrected chi connectivity index (χ2v) is 7.10. The van der Waals surface area contributed by atoms with Crippen molar-refractivity contribution in [1.29, 1.82) is 0 Å². The molecule has 1 atom stereocenters. The Kier molecular flexibility index (Phi) is 6.16. The highest BCUT2D eigenvalue weighted by Gasteiger charge is 2.36. The molecule has 2 aliphatic heterocycles. The largest absolute Gasteiger partial charge is 0.484 e. The van der Waals surface area contributed by atoms with E-state index >= 15 is 0 Å². The number of fused-ring (bicyclic) bond motifs is 1. The van der Waals surface area contributed by atoms with E-state index in [0.717, 1.165) is 44.0 Å². The number of rotatable bonds is 5. The molecule has 2 aliphatic rings. The van der Waals surface area contributed by atoms with Crippen molar-refractivity contribution >= 4 is 5.91 Å². The summed E-state index contributed by atoms with van der Waals surface area (Å²) >= 11 is 0. The average molecular weight is 426 g/mol. The van der Waals surface area contributed by atoms with E-state index in [0.29, 0.717) is 13.2 Å². The van der Waals surface area contributed by atoms with Gasteiger partial charge in [0.1, 0.15) is 11.5 Å². The fourth-order valence-electron chi connectivity index (χ4n) is 3.52. The standard InChI is InChI=1S/C18H20F6N2O3/c19-17(20,21)9-28-13-4-5-15(29-10-18(22,23)24)14(7-13)16(27)26-8-12-3-1-2-6-25(12)11-26/h4-5,7,12H,1-3,6,8-11H2. The van der Waals surface area contributed by atoms with Gasteiger partial charge in [0, 0.05) is 19.1 Å². The van der Waals surface area contributed by atoms with Gasteiger partial charge in [-0.05, 0) is 31.0 Å². The van der Waals surface area contributed by atoms with Crippen molar-refractivity contribution in [3.8, 4) is 11.5 Å². The van der Waals surface area contributed by atoms with Crippen molar-refractivity contribution in [2.24, 2.45) is 0 Å². The maximum atomic E-state index is 12.9. The first-order valence-electron chi connectivity index (χ1n) is 9.08. The summed E-state index contributed by atoms with van der Waals surface area (Å²) in [5, 5.41) is 0. The minimum atomic E-state index is -4.62. The van der Waals surface area contributed by atoms with Crippen LogP contribution in [0, 0.1) is 0 Å². The highest BCUT2D eigenvalue weighted by molar-refractivity contribution is 5.97. The molecular formula is C18H20F6N2O3. The molecule has 0 aromatic heterocycles. The molecule has 29 heavy (non-hydrogen) atoms. The van der Waals surface area contributed by atoms with Crippen molar-refractivity contribution in [3.63, 3.8) is 0 Å².